The van der Waals surface area contributed by atoms with Gasteiger partial charge in [-0.25, -0.2) is 4.98 Å². The number of hydrogen-bond acceptors (Lipinski definition) is 4. The molecule has 5 nitrogen and oxygen atoms in total. The van der Waals surface area contributed by atoms with E-state index >= 15 is 0 Å². The number of aryl methyl sites for hydroxylation is 2. The highest BCUT2D eigenvalue weighted by atomic mass is 16.5. The number of methoxy groups -OCH3 is 1. The van der Waals surface area contributed by atoms with E-state index in [1.807, 2.05) is 38.2 Å². The van der Waals surface area contributed by atoms with E-state index in [1.54, 1.807) is 11.8 Å². The van der Waals surface area contributed by atoms with Gasteiger partial charge in [-0.2, -0.15) is 5.10 Å². The molecule has 1 aromatic carbocycles. The molecule has 0 saturated heterocycles. The van der Waals surface area contributed by atoms with Gasteiger partial charge >= 0.3 is 0 Å². The first-order chi connectivity index (χ1) is 8.11. The van der Waals surface area contributed by atoms with Gasteiger partial charge in [0.15, 0.2) is 5.82 Å². The largest absolute Gasteiger partial charge is 0.497 e. The fourth-order valence-electron chi connectivity index (χ4n) is 1.58. The monoisotopic (exact) mass is 232 g/mol. The number of nitrogens with two attached hydrogens (primary N) is 1. The lowest BCUT2D eigenvalue weighted by Gasteiger charge is -2.08. The van der Waals surface area contributed by atoms with Crippen molar-refractivity contribution in [2.75, 3.05) is 7.11 Å². The van der Waals surface area contributed by atoms with Gasteiger partial charge in [-0.15, -0.1) is 0 Å². The third kappa shape index (κ3) is 2.29. The molecule has 0 radical (unpaired) electrons. The van der Waals surface area contributed by atoms with Crippen LogP contribution in [0.5, 0.6) is 5.75 Å². The van der Waals surface area contributed by atoms with Gasteiger partial charge < -0.3 is 10.5 Å². The van der Waals surface area contributed by atoms with Gasteiger partial charge in [-0.1, -0.05) is 12.1 Å². The van der Waals surface area contributed by atoms with Crippen LogP contribution in [0.15, 0.2) is 24.3 Å². The summed E-state index contributed by atoms with van der Waals surface area (Å²) in [5.41, 5.74) is 7.08. The molecule has 0 bridgehead atoms. The summed E-state index contributed by atoms with van der Waals surface area (Å²) in [6.45, 7) is 1.90. The molecule has 1 heterocycles. The molecule has 90 valence electrons. The Morgan fingerprint density at radius 1 is 1.29 bits per heavy atom. The van der Waals surface area contributed by atoms with Crippen LogP contribution in [0.4, 0.5) is 0 Å². The minimum Gasteiger partial charge on any atom is -0.497 e. The first-order valence-corrected chi connectivity index (χ1v) is 5.39. The third-order valence-electron chi connectivity index (χ3n) is 2.75. The summed E-state index contributed by atoms with van der Waals surface area (Å²) in [5, 5.41) is 4.28. The summed E-state index contributed by atoms with van der Waals surface area (Å²) in [5.74, 6) is 2.30. The van der Waals surface area contributed by atoms with E-state index < -0.39 is 0 Å². The van der Waals surface area contributed by atoms with Crippen molar-refractivity contribution in [3.63, 3.8) is 0 Å². The Morgan fingerprint density at radius 3 is 2.41 bits per heavy atom. The van der Waals surface area contributed by atoms with Crippen LogP contribution in [0.2, 0.25) is 0 Å². The SMILES string of the molecule is COc1ccc(C(N)c2nc(C)n(C)n2)cc1. The van der Waals surface area contributed by atoms with Crippen molar-refractivity contribution >= 4 is 0 Å². The van der Waals surface area contributed by atoms with Crippen LogP contribution in [0, 0.1) is 6.92 Å². The smallest absolute Gasteiger partial charge is 0.172 e. The molecule has 0 aliphatic carbocycles. The summed E-state index contributed by atoms with van der Waals surface area (Å²) in [6.07, 6.45) is 0. The average molecular weight is 232 g/mol. The van der Waals surface area contributed by atoms with E-state index in [-0.39, 0.29) is 6.04 Å². The van der Waals surface area contributed by atoms with Crippen LogP contribution in [-0.4, -0.2) is 21.9 Å². The van der Waals surface area contributed by atoms with Gasteiger partial charge in [0.05, 0.1) is 13.2 Å². The minimum atomic E-state index is -0.305. The Labute approximate surface area is 100 Å². The highest BCUT2D eigenvalue weighted by Crippen LogP contribution is 2.19. The van der Waals surface area contributed by atoms with Crippen LogP contribution in [0.1, 0.15) is 23.3 Å². The van der Waals surface area contributed by atoms with Crippen molar-refractivity contribution in [1.29, 1.82) is 0 Å². The second kappa shape index (κ2) is 4.55. The Bertz CT molecular complexity index is 484. The van der Waals surface area contributed by atoms with Crippen molar-refractivity contribution in [2.24, 2.45) is 12.8 Å². The number of nitrogens with zero attached hydrogens (tertiary/aromatic N) is 3. The Kier molecular flexibility index (Phi) is 3.10. The number of benzene rings is 1. The van der Waals surface area contributed by atoms with Gasteiger partial charge in [-0.3, -0.25) is 4.68 Å². The molecule has 1 unspecified atom stereocenters. The molecule has 5 heteroatoms. The fraction of sp³-hybridized carbons (Fsp3) is 0.333. The van der Waals surface area contributed by atoms with E-state index in [9.17, 15) is 0 Å². The average Bonchev–Trinajstić information content (AvgIpc) is 2.69. The molecule has 2 aromatic rings. The van der Waals surface area contributed by atoms with Crippen LogP contribution in [0.3, 0.4) is 0 Å². The topological polar surface area (TPSA) is 66.0 Å². The van der Waals surface area contributed by atoms with Crippen LogP contribution >= 0.6 is 0 Å². The van der Waals surface area contributed by atoms with Crippen molar-refractivity contribution in [3.8, 4) is 5.75 Å². The van der Waals surface area contributed by atoms with Gasteiger partial charge in [0.2, 0.25) is 0 Å². The number of hydrogen-bond donors (Lipinski definition) is 1. The molecule has 17 heavy (non-hydrogen) atoms. The second-order valence-electron chi connectivity index (χ2n) is 3.89. The van der Waals surface area contributed by atoms with Crippen molar-refractivity contribution in [3.05, 3.63) is 41.5 Å². The van der Waals surface area contributed by atoms with Gasteiger partial charge in [0.25, 0.3) is 0 Å². The summed E-state index contributed by atoms with van der Waals surface area (Å²) < 4.78 is 6.82. The molecule has 2 rings (SSSR count). The quantitative estimate of drug-likeness (QED) is 0.863. The maximum atomic E-state index is 6.11. The zero-order chi connectivity index (χ0) is 12.4. The highest BCUT2D eigenvalue weighted by Gasteiger charge is 2.14. The van der Waals surface area contributed by atoms with Crippen molar-refractivity contribution in [1.82, 2.24) is 14.8 Å². The zero-order valence-corrected chi connectivity index (χ0v) is 10.2. The summed E-state index contributed by atoms with van der Waals surface area (Å²) in [7, 11) is 3.49. The van der Waals surface area contributed by atoms with Gasteiger partial charge in [0, 0.05) is 7.05 Å². The first-order valence-electron chi connectivity index (χ1n) is 5.39. The molecule has 0 fully saturated rings. The molecular weight excluding hydrogens is 216 g/mol. The summed E-state index contributed by atoms with van der Waals surface area (Å²) >= 11 is 0. The fourth-order valence-corrected chi connectivity index (χ4v) is 1.58. The lowest BCUT2D eigenvalue weighted by molar-refractivity contribution is 0.414. The number of rotatable bonds is 3. The normalized spacial score (nSPS) is 12.5. The Balaban J connectivity index is 2.26. The van der Waals surface area contributed by atoms with Crippen LogP contribution < -0.4 is 10.5 Å². The lowest BCUT2D eigenvalue weighted by Crippen LogP contribution is -2.14. The van der Waals surface area contributed by atoms with Gasteiger partial charge in [-0.05, 0) is 24.6 Å². The molecule has 1 atom stereocenters. The van der Waals surface area contributed by atoms with E-state index in [4.69, 9.17) is 10.5 Å². The summed E-state index contributed by atoms with van der Waals surface area (Å²) in [6, 6.07) is 7.31. The molecule has 0 aliphatic rings. The third-order valence-corrected chi connectivity index (χ3v) is 2.75. The first kappa shape index (κ1) is 11.6. The molecule has 0 aliphatic heterocycles. The molecule has 0 saturated carbocycles. The molecule has 2 N–H and O–H groups in total. The maximum absolute atomic E-state index is 6.11. The molecule has 1 aromatic heterocycles. The maximum Gasteiger partial charge on any atom is 0.172 e. The number of aromatic nitrogens is 3. The number of ether oxygens (including phenoxy) is 1. The standard InChI is InChI=1S/C12H16N4O/c1-8-14-12(15-16(8)2)11(13)9-4-6-10(17-3)7-5-9/h4-7,11H,13H2,1-3H3. The predicted octanol–water partition coefficient (Wildman–Crippen LogP) is 1.18. The molecule has 0 spiro atoms. The molecular formula is C12H16N4O. The highest BCUT2D eigenvalue weighted by molar-refractivity contribution is 5.31. The zero-order valence-electron chi connectivity index (χ0n) is 10.2. The Morgan fingerprint density at radius 2 is 1.94 bits per heavy atom. The van der Waals surface area contributed by atoms with E-state index in [2.05, 4.69) is 10.1 Å². The van der Waals surface area contributed by atoms with Crippen LogP contribution in [-0.2, 0) is 7.05 Å². The minimum absolute atomic E-state index is 0.305. The van der Waals surface area contributed by atoms with E-state index in [1.165, 1.54) is 0 Å². The van der Waals surface area contributed by atoms with Gasteiger partial charge in [0.1, 0.15) is 11.6 Å². The van der Waals surface area contributed by atoms with Crippen molar-refractivity contribution in [2.45, 2.75) is 13.0 Å². The van der Waals surface area contributed by atoms with Crippen molar-refractivity contribution < 1.29 is 4.74 Å². The summed E-state index contributed by atoms with van der Waals surface area (Å²) in [4.78, 5) is 4.32. The lowest BCUT2D eigenvalue weighted by atomic mass is 10.1. The van der Waals surface area contributed by atoms with E-state index in [0.29, 0.717) is 5.82 Å². The van der Waals surface area contributed by atoms with E-state index in [0.717, 1.165) is 17.1 Å². The Hall–Kier alpha value is -1.88. The second-order valence-corrected chi connectivity index (χ2v) is 3.89. The predicted molar refractivity (Wildman–Crippen MR) is 64.8 cm³/mol. The molecule has 0 amide bonds. The van der Waals surface area contributed by atoms with Crippen LogP contribution in [0.25, 0.3) is 0 Å².